The zero-order valence-corrected chi connectivity index (χ0v) is 21.6. The van der Waals surface area contributed by atoms with Gasteiger partial charge < -0.3 is 0 Å². The van der Waals surface area contributed by atoms with Crippen LogP contribution >= 0.6 is 0 Å². The number of hydrogen-bond donors (Lipinski definition) is 0. The van der Waals surface area contributed by atoms with Gasteiger partial charge in [-0.2, -0.15) is 0 Å². The molecule has 6 rings (SSSR count). The molecule has 0 aliphatic carbocycles. The van der Waals surface area contributed by atoms with Crippen LogP contribution in [0.4, 0.5) is 0 Å². The molecule has 0 atom stereocenters. The van der Waals surface area contributed by atoms with E-state index in [1.807, 2.05) is 98.0 Å². The molecule has 2 aromatic heterocycles. The summed E-state index contributed by atoms with van der Waals surface area (Å²) in [7, 11) is 0. The summed E-state index contributed by atoms with van der Waals surface area (Å²) in [5, 5.41) is 0. The Hall–Kier alpha value is -5.22. The van der Waals surface area contributed by atoms with Gasteiger partial charge in [-0.3, -0.25) is 0 Å². The van der Waals surface area contributed by atoms with Gasteiger partial charge in [0.1, 0.15) is 11.0 Å². The van der Waals surface area contributed by atoms with Gasteiger partial charge in [0.2, 0.25) is 0 Å². The lowest BCUT2D eigenvalue weighted by Gasteiger charge is -2.14. The monoisotopic (exact) mass is 502 g/mol. The molecular weight excluding hydrogens is 476 g/mol. The third kappa shape index (κ3) is 4.64. The number of aromatic nitrogens is 4. The van der Waals surface area contributed by atoms with Crippen LogP contribution < -0.4 is 0 Å². The highest BCUT2D eigenvalue weighted by Gasteiger charge is 2.19. The number of benzene rings is 4. The SMILES string of the molecule is C=C/C(=C\C=C/C)c1nc2c(ccc3nc(-c4ccccc4)c(-c4ccccc4)nc32)nc1-c1ccccc1. The number of allylic oxidation sites excluding steroid dienone is 5. The lowest BCUT2D eigenvalue weighted by Crippen LogP contribution is -2.01. The van der Waals surface area contributed by atoms with Crippen LogP contribution in [-0.4, -0.2) is 19.9 Å². The van der Waals surface area contributed by atoms with Crippen molar-refractivity contribution in [1.82, 2.24) is 19.9 Å². The fourth-order valence-electron chi connectivity index (χ4n) is 4.67. The molecule has 0 aliphatic rings. The van der Waals surface area contributed by atoms with Gasteiger partial charge in [0, 0.05) is 22.3 Å². The minimum Gasteiger partial charge on any atom is -0.244 e. The molecule has 0 bridgehead atoms. The Balaban J connectivity index is 1.69. The molecule has 0 saturated heterocycles. The second-order valence-electron chi connectivity index (χ2n) is 9.09. The number of hydrogen-bond acceptors (Lipinski definition) is 4. The molecule has 2 heterocycles. The van der Waals surface area contributed by atoms with Crippen LogP contribution in [0.5, 0.6) is 0 Å². The lowest BCUT2D eigenvalue weighted by atomic mass is 10.0. The summed E-state index contributed by atoms with van der Waals surface area (Å²) in [6, 6.07) is 34.4. The fourth-order valence-corrected chi connectivity index (χ4v) is 4.67. The molecule has 0 spiro atoms. The quantitative estimate of drug-likeness (QED) is 0.169. The largest absolute Gasteiger partial charge is 0.244 e. The highest BCUT2D eigenvalue weighted by atomic mass is 14.9. The maximum Gasteiger partial charge on any atom is 0.117 e. The van der Waals surface area contributed by atoms with E-state index in [2.05, 4.69) is 43.0 Å². The number of fused-ring (bicyclic) bond motifs is 3. The first-order chi connectivity index (χ1) is 19.3. The standard InChI is InChI=1S/C35H26N4/c1-3-5-15-24(4-2)30-31(25-16-9-6-10-17-25)36-28-22-23-29-35(34(28)38-30)39-33(27-20-13-8-14-21-27)32(37-29)26-18-11-7-12-19-26/h3-23H,2H2,1H3/b5-3-,24-15+. The Bertz CT molecular complexity index is 1860. The highest BCUT2D eigenvalue weighted by Crippen LogP contribution is 2.35. The topological polar surface area (TPSA) is 51.6 Å². The van der Waals surface area contributed by atoms with Crippen molar-refractivity contribution in [2.24, 2.45) is 0 Å². The smallest absolute Gasteiger partial charge is 0.117 e. The molecule has 0 amide bonds. The van der Waals surface area contributed by atoms with Crippen LogP contribution in [0.2, 0.25) is 0 Å². The number of rotatable bonds is 6. The van der Waals surface area contributed by atoms with Gasteiger partial charge in [0.15, 0.2) is 0 Å². The minimum absolute atomic E-state index is 0.708. The van der Waals surface area contributed by atoms with Crippen molar-refractivity contribution in [1.29, 1.82) is 0 Å². The second-order valence-corrected chi connectivity index (χ2v) is 9.09. The zero-order valence-electron chi connectivity index (χ0n) is 21.6. The Kier molecular flexibility index (Phi) is 6.59. The van der Waals surface area contributed by atoms with Crippen molar-refractivity contribution in [3.63, 3.8) is 0 Å². The average molecular weight is 503 g/mol. The summed E-state index contributed by atoms with van der Waals surface area (Å²) in [6.07, 6.45) is 7.80. The molecule has 4 nitrogen and oxygen atoms in total. The first-order valence-corrected chi connectivity index (χ1v) is 12.9. The summed E-state index contributed by atoms with van der Waals surface area (Å²) in [4.78, 5) is 20.7. The van der Waals surface area contributed by atoms with Gasteiger partial charge in [-0.25, -0.2) is 19.9 Å². The molecule has 0 radical (unpaired) electrons. The van der Waals surface area contributed by atoms with E-state index < -0.39 is 0 Å². The molecule has 0 saturated carbocycles. The summed E-state index contributed by atoms with van der Waals surface area (Å²) >= 11 is 0. The summed E-state index contributed by atoms with van der Waals surface area (Å²) in [6.45, 7) is 6.05. The van der Waals surface area contributed by atoms with Crippen LogP contribution in [0.15, 0.2) is 134 Å². The van der Waals surface area contributed by atoms with E-state index in [1.165, 1.54) is 0 Å². The Morgan fingerprint density at radius 1 is 0.564 bits per heavy atom. The predicted molar refractivity (Wildman–Crippen MR) is 162 cm³/mol. The van der Waals surface area contributed by atoms with Crippen LogP contribution in [0.1, 0.15) is 12.6 Å². The van der Waals surface area contributed by atoms with Crippen molar-refractivity contribution in [2.45, 2.75) is 6.92 Å². The van der Waals surface area contributed by atoms with Crippen molar-refractivity contribution in [3.05, 3.63) is 140 Å². The van der Waals surface area contributed by atoms with Crippen LogP contribution in [0.3, 0.4) is 0 Å². The van der Waals surface area contributed by atoms with E-state index in [0.717, 1.165) is 56.1 Å². The molecule has 6 aromatic rings. The predicted octanol–water partition coefficient (Wildman–Crippen LogP) is 8.72. The minimum atomic E-state index is 0.708. The summed E-state index contributed by atoms with van der Waals surface area (Å²) < 4.78 is 0. The Morgan fingerprint density at radius 3 is 1.54 bits per heavy atom. The second kappa shape index (κ2) is 10.6. The Labute approximate surface area is 227 Å². The van der Waals surface area contributed by atoms with Gasteiger partial charge in [0.25, 0.3) is 0 Å². The van der Waals surface area contributed by atoms with Crippen LogP contribution in [0, 0.1) is 0 Å². The fraction of sp³-hybridized carbons (Fsp3) is 0.0286. The van der Waals surface area contributed by atoms with Crippen LogP contribution in [-0.2, 0) is 0 Å². The third-order valence-corrected chi connectivity index (χ3v) is 6.57. The van der Waals surface area contributed by atoms with E-state index in [-0.39, 0.29) is 0 Å². The van der Waals surface area contributed by atoms with Crippen molar-refractivity contribution >= 4 is 27.6 Å². The van der Waals surface area contributed by atoms with E-state index in [9.17, 15) is 0 Å². The zero-order chi connectivity index (χ0) is 26.6. The maximum atomic E-state index is 5.22. The average Bonchev–Trinajstić information content (AvgIpc) is 3.01. The number of nitrogens with zero attached hydrogens (tertiary/aromatic N) is 4. The molecule has 39 heavy (non-hydrogen) atoms. The van der Waals surface area contributed by atoms with Gasteiger partial charge >= 0.3 is 0 Å². The first-order valence-electron chi connectivity index (χ1n) is 12.9. The molecule has 4 heteroatoms. The Morgan fingerprint density at radius 2 is 1.03 bits per heavy atom. The maximum absolute atomic E-state index is 5.22. The van der Waals surface area contributed by atoms with Crippen LogP contribution in [0.25, 0.3) is 61.4 Å². The molecule has 0 fully saturated rings. The normalized spacial score (nSPS) is 11.9. The van der Waals surface area contributed by atoms with Gasteiger partial charge in [-0.05, 0) is 19.1 Å². The third-order valence-electron chi connectivity index (χ3n) is 6.57. The highest BCUT2D eigenvalue weighted by molar-refractivity contribution is 6.03. The van der Waals surface area contributed by atoms with E-state index in [4.69, 9.17) is 19.9 Å². The van der Waals surface area contributed by atoms with Crippen molar-refractivity contribution in [3.8, 4) is 33.8 Å². The van der Waals surface area contributed by atoms with Gasteiger partial charge in [-0.15, -0.1) is 0 Å². The van der Waals surface area contributed by atoms with Crippen molar-refractivity contribution < 1.29 is 0 Å². The molecular formula is C35H26N4. The molecule has 186 valence electrons. The van der Waals surface area contributed by atoms with Gasteiger partial charge in [0.05, 0.1) is 33.8 Å². The van der Waals surface area contributed by atoms with E-state index in [1.54, 1.807) is 0 Å². The molecule has 4 aromatic carbocycles. The molecule has 0 aliphatic heterocycles. The lowest BCUT2D eigenvalue weighted by molar-refractivity contribution is 1.24. The van der Waals surface area contributed by atoms with Gasteiger partial charge in [-0.1, -0.05) is 122 Å². The van der Waals surface area contributed by atoms with Crippen molar-refractivity contribution in [2.75, 3.05) is 0 Å². The molecule has 0 N–H and O–H groups in total. The summed E-state index contributed by atoms with van der Waals surface area (Å²) in [5.41, 5.74) is 10.0. The van der Waals surface area contributed by atoms with E-state index >= 15 is 0 Å². The summed E-state index contributed by atoms with van der Waals surface area (Å²) in [5.74, 6) is 0. The molecule has 0 unspecified atom stereocenters. The van der Waals surface area contributed by atoms with E-state index in [0.29, 0.717) is 11.0 Å². The first kappa shape index (κ1) is 24.1.